The summed E-state index contributed by atoms with van der Waals surface area (Å²) in [5.74, 6) is -1.71. The van der Waals surface area contributed by atoms with Crippen LogP contribution in [0.15, 0.2) is 30.3 Å². The monoisotopic (exact) mass is 336 g/mol. The van der Waals surface area contributed by atoms with Crippen molar-refractivity contribution < 1.29 is 24.1 Å². The van der Waals surface area contributed by atoms with Crippen LogP contribution in [-0.2, 0) is 18.9 Å². The fourth-order valence-corrected chi connectivity index (χ4v) is 3.76. The van der Waals surface area contributed by atoms with Crippen LogP contribution < -0.4 is 0 Å². The molecule has 5 heteroatoms. The highest BCUT2D eigenvalue weighted by atomic mass is 16.8. The normalized spacial score (nSPS) is 35.3. The second-order valence-electron chi connectivity index (χ2n) is 7.06. The molecule has 1 aromatic carbocycles. The highest BCUT2D eigenvalue weighted by Crippen LogP contribution is 2.45. The van der Waals surface area contributed by atoms with Gasteiger partial charge in [0.25, 0.3) is 0 Å². The lowest BCUT2D eigenvalue weighted by molar-refractivity contribution is -0.428. The largest absolute Gasteiger partial charge is 0.385 e. The van der Waals surface area contributed by atoms with Gasteiger partial charge in [-0.1, -0.05) is 30.3 Å². The minimum absolute atomic E-state index is 0.0483. The summed E-state index contributed by atoms with van der Waals surface area (Å²) in [5.41, 5.74) is 0.799. The van der Waals surface area contributed by atoms with Crippen molar-refractivity contribution in [2.24, 2.45) is 0 Å². The highest BCUT2D eigenvalue weighted by Gasteiger charge is 2.54. The zero-order valence-corrected chi connectivity index (χ0v) is 14.7. The van der Waals surface area contributed by atoms with E-state index in [0.29, 0.717) is 19.6 Å². The fraction of sp³-hybridized carbons (Fsp3) is 0.684. The summed E-state index contributed by atoms with van der Waals surface area (Å²) in [6.07, 6.45) is 1.03. The van der Waals surface area contributed by atoms with Crippen LogP contribution in [-0.4, -0.2) is 42.1 Å². The third-order valence-corrected chi connectivity index (χ3v) is 4.62. The van der Waals surface area contributed by atoms with Crippen molar-refractivity contribution in [1.82, 2.24) is 0 Å². The molecule has 0 amide bonds. The Hall–Kier alpha value is -0.980. The molecule has 2 saturated heterocycles. The first kappa shape index (κ1) is 17.8. The Labute approximate surface area is 143 Å². The van der Waals surface area contributed by atoms with Crippen LogP contribution in [0.5, 0.6) is 0 Å². The first-order valence-electron chi connectivity index (χ1n) is 8.81. The van der Waals surface area contributed by atoms with Crippen molar-refractivity contribution in [3.63, 3.8) is 0 Å². The molecule has 2 aliphatic rings. The lowest BCUT2D eigenvalue weighted by Gasteiger charge is -2.52. The van der Waals surface area contributed by atoms with Crippen molar-refractivity contribution in [2.45, 2.75) is 69.9 Å². The van der Waals surface area contributed by atoms with E-state index >= 15 is 0 Å². The molecule has 3 rings (SSSR count). The Kier molecular flexibility index (Phi) is 5.27. The summed E-state index contributed by atoms with van der Waals surface area (Å²) in [6, 6.07) is 9.52. The number of rotatable bonds is 4. The number of ether oxygens (including phenoxy) is 4. The van der Waals surface area contributed by atoms with Gasteiger partial charge >= 0.3 is 0 Å². The molecule has 0 aromatic heterocycles. The van der Waals surface area contributed by atoms with Crippen molar-refractivity contribution >= 4 is 0 Å². The van der Waals surface area contributed by atoms with Crippen LogP contribution in [0.1, 0.15) is 51.7 Å². The van der Waals surface area contributed by atoms with Gasteiger partial charge < -0.3 is 24.1 Å². The molecule has 5 nitrogen and oxygen atoms in total. The van der Waals surface area contributed by atoms with Crippen molar-refractivity contribution in [1.29, 1.82) is 0 Å². The Morgan fingerprint density at radius 1 is 1.17 bits per heavy atom. The van der Waals surface area contributed by atoms with Crippen LogP contribution in [0, 0.1) is 0 Å². The third kappa shape index (κ3) is 3.65. The smallest absolute Gasteiger partial charge is 0.200 e. The number of hydrogen-bond donors (Lipinski definition) is 1. The van der Waals surface area contributed by atoms with Crippen LogP contribution in [0.3, 0.4) is 0 Å². The van der Waals surface area contributed by atoms with Gasteiger partial charge in [0, 0.05) is 12.8 Å². The number of benzene rings is 1. The number of aliphatic hydroxyl groups excluding tert-OH is 1. The molecule has 1 aromatic rings. The molecule has 24 heavy (non-hydrogen) atoms. The van der Waals surface area contributed by atoms with Gasteiger partial charge in [-0.25, -0.2) is 0 Å². The van der Waals surface area contributed by atoms with Gasteiger partial charge in [0.15, 0.2) is 5.79 Å². The zero-order chi connectivity index (χ0) is 17.2. The van der Waals surface area contributed by atoms with Crippen LogP contribution in [0.2, 0.25) is 0 Å². The Morgan fingerprint density at radius 3 is 2.62 bits per heavy atom. The SMILES string of the molecule is CC(C)OC1(C)CCCC2(OCCO[C@@H]2[C@@H](O)c2ccccc2)O1. The lowest BCUT2D eigenvalue weighted by atomic mass is 9.89. The zero-order valence-electron chi connectivity index (χ0n) is 14.7. The second-order valence-corrected chi connectivity index (χ2v) is 7.06. The van der Waals surface area contributed by atoms with E-state index < -0.39 is 23.8 Å². The van der Waals surface area contributed by atoms with Gasteiger partial charge in [-0.15, -0.1) is 0 Å². The average molecular weight is 336 g/mol. The minimum Gasteiger partial charge on any atom is -0.385 e. The molecule has 134 valence electrons. The van der Waals surface area contributed by atoms with E-state index in [9.17, 15) is 5.11 Å². The van der Waals surface area contributed by atoms with Gasteiger partial charge in [-0.3, -0.25) is 0 Å². The van der Waals surface area contributed by atoms with Crippen LogP contribution in [0.4, 0.5) is 0 Å². The number of aliphatic hydroxyl groups is 1. The van der Waals surface area contributed by atoms with E-state index in [1.807, 2.05) is 51.1 Å². The molecular formula is C19H28O5. The predicted molar refractivity (Wildman–Crippen MR) is 89.4 cm³/mol. The van der Waals surface area contributed by atoms with E-state index in [2.05, 4.69) is 0 Å². The predicted octanol–water partition coefficient (Wildman–Crippen LogP) is 3.17. The Balaban J connectivity index is 1.85. The standard InChI is InChI=1S/C19H28O5/c1-14(2)23-18(3)10-7-11-19(24-18)17(21-12-13-22-19)16(20)15-8-5-4-6-9-15/h4-6,8-9,14,16-17,20H,7,10-13H2,1-3H3/t16-,17+,18?,19?/m0/s1. The summed E-state index contributed by atoms with van der Waals surface area (Å²) >= 11 is 0. The van der Waals surface area contributed by atoms with E-state index in [-0.39, 0.29) is 6.10 Å². The molecule has 0 aliphatic carbocycles. The first-order chi connectivity index (χ1) is 11.4. The molecule has 0 radical (unpaired) electrons. The van der Waals surface area contributed by atoms with Gasteiger partial charge in [0.2, 0.25) is 5.79 Å². The van der Waals surface area contributed by atoms with Gasteiger partial charge in [-0.2, -0.15) is 0 Å². The molecule has 0 saturated carbocycles. The van der Waals surface area contributed by atoms with Crippen LogP contribution >= 0.6 is 0 Å². The maximum Gasteiger partial charge on any atom is 0.200 e. The molecule has 2 fully saturated rings. The quantitative estimate of drug-likeness (QED) is 0.915. The first-order valence-corrected chi connectivity index (χ1v) is 8.81. The third-order valence-electron chi connectivity index (χ3n) is 4.62. The fourth-order valence-electron chi connectivity index (χ4n) is 3.76. The van der Waals surface area contributed by atoms with E-state index in [4.69, 9.17) is 18.9 Å². The average Bonchev–Trinajstić information content (AvgIpc) is 2.54. The molecule has 2 aliphatic heterocycles. The highest BCUT2D eigenvalue weighted by molar-refractivity contribution is 5.19. The van der Waals surface area contributed by atoms with Crippen molar-refractivity contribution in [2.75, 3.05) is 13.2 Å². The van der Waals surface area contributed by atoms with E-state index in [1.54, 1.807) is 0 Å². The maximum atomic E-state index is 10.9. The summed E-state index contributed by atoms with van der Waals surface area (Å²) < 4.78 is 24.3. The second kappa shape index (κ2) is 7.10. The van der Waals surface area contributed by atoms with Crippen molar-refractivity contribution in [3.8, 4) is 0 Å². The van der Waals surface area contributed by atoms with Gasteiger partial charge in [0.1, 0.15) is 12.2 Å². The topological polar surface area (TPSA) is 57.2 Å². The minimum atomic E-state index is -0.977. The lowest BCUT2D eigenvalue weighted by Crippen LogP contribution is -2.61. The molecule has 1 N–H and O–H groups in total. The molecule has 2 heterocycles. The number of hydrogen-bond acceptors (Lipinski definition) is 5. The summed E-state index contributed by atoms with van der Waals surface area (Å²) in [5, 5.41) is 10.9. The van der Waals surface area contributed by atoms with Crippen molar-refractivity contribution in [3.05, 3.63) is 35.9 Å². The van der Waals surface area contributed by atoms with Crippen LogP contribution in [0.25, 0.3) is 0 Å². The molecular weight excluding hydrogens is 308 g/mol. The maximum absolute atomic E-state index is 10.9. The molecule has 4 atom stereocenters. The molecule has 0 bridgehead atoms. The Bertz CT molecular complexity index is 530. The van der Waals surface area contributed by atoms with E-state index in [1.165, 1.54) is 0 Å². The molecule has 1 spiro atoms. The Morgan fingerprint density at radius 2 is 1.92 bits per heavy atom. The molecule has 2 unspecified atom stereocenters. The summed E-state index contributed by atoms with van der Waals surface area (Å²) in [6.45, 7) is 6.82. The summed E-state index contributed by atoms with van der Waals surface area (Å²) in [7, 11) is 0. The van der Waals surface area contributed by atoms with E-state index in [0.717, 1.165) is 18.4 Å². The summed E-state index contributed by atoms with van der Waals surface area (Å²) in [4.78, 5) is 0. The van der Waals surface area contributed by atoms with Gasteiger partial charge in [0.05, 0.1) is 19.3 Å². The van der Waals surface area contributed by atoms with Gasteiger partial charge in [-0.05, 0) is 32.8 Å².